The number of fused-ring (bicyclic) bond motifs is 7. The summed E-state index contributed by atoms with van der Waals surface area (Å²) in [5.41, 5.74) is -0.824. The lowest BCUT2D eigenvalue weighted by atomic mass is 9.34. The van der Waals surface area contributed by atoms with E-state index in [9.17, 15) is 19.6 Å². The van der Waals surface area contributed by atoms with Gasteiger partial charge in [-0.3, -0.25) is 14.4 Å². The number of aromatic nitrogens is 2. The summed E-state index contributed by atoms with van der Waals surface area (Å²) in [5.74, 6) is 0.727. The predicted molar refractivity (Wildman–Crippen MR) is 163 cm³/mol. The molecule has 0 N–H and O–H groups in total. The van der Waals surface area contributed by atoms with Gasteiger partial charge in [0.1, 0.15) is 6.07 Å². The Morgan fingerprint density at radius 2 is 1.77 bits per heavy atom. The van der Waals surface area contributed by atoms with Crippen LogP contribution in [-0.4, -0.2) is 34.3 Å². The maximum absolute atomic E-state index is 14.7. The summed E-state index contributed by atoms with van der Waals surface area (Å²) < 4.78 is 11.1. The average Bonchev–Trinajstić information content (AvgIpc) is 3.41. The maximum Gasteiger partial charge on any atom is 0.302 e. The summed E-state index contributed by atoms with van der Waals surface area (Å²) in [5, 5.41) is 14.3. The maximum atomic E-state index is 14.7. The van der Waals surface area contributed by atoms with Crippen LogP contribution in [0.4, 0.5) is 0 Å². The summed E-state index contributed by atoms with van der Waals surface area (Å²) in [6, 6.07) is 2.19. The standard InChI is InChI=1S/C36H47N3O5/c1-21(40)43-16-10-27-38-30(44-39-27)36-14-12-31(2,3)19-23(36)28-24(41)17-26-33(6)18-22(20-37)29(42)32(4,5)25(33)9-11-34(26,7)35(28,8)13-15-36/h17-18,23,25,28H,9-16,19H2,1-8H3/t23-,25-,28-,33-,34+,35+,36-/m0/s1. The van der Waals surface area contributed by atoms with Gasteiger partial charge in [-0.1, -0.05) is 65.3 Å². The smallest absolute Gasteiger partial charge is 0.302 e. The zero-order chi connectivity index (χ0) is 32.1. The van der Waals surface area contributed by atoms with Crippen LogP contribution in [0.25, 0.3) is 0 Å². The molecular weight excluding hydrogens is 554 g/mol. The summed E-state index contributed by atoms with van der Waals surface area (Å²) in [7, 11) is 0. The molecule has 1 heterocycles. The molecule has 7 atom stereocenters. The van der Waals surface area contributed by atoms with Crippen LogP contribution in [0, 0.1) is 56.2 Å². The van der Waals surface area contributed by atoms with Crippen molar-refractivity contribution in [2.24, 2.45) is 44.8 Å². The van der Waals surface area contributed by atoms with Gasteiger partial charge in [0, 0.05) is 30.1 Å². The number of Topliss-reactive ketones (excluding diaryl/α,β-unsaturated/α-hetero) is 1. The second-order valence-electron chi connectivity index (χ2n) is 16.5. The molecular formula is C36H47N3O5. The Kier molecular flexibility index (Phi) is 6.82. The van der Waals surface area contributed by atoms with Crippen LogP contribution in [0.15, 0.2) is 27.8 Å². The Hall–Kier alpha value is -3.08. The van der Waals surface area contributed by atoms with Crippen LogP contribution >= 0.6 is 0 Å². The third-order valence-corrected chi connectivity index (χ3v) is 13.4. The number of ketones is 2. The number of esters is 1. The highest BCUT2D eigenvalue weighted by Crippen LogP contribution is 2.74. The predicted octanol–water partition coefficient (Wildman–Crippen LogP) is 6.65. The average molecular weight is 602 g/mol. The van der Waals surface area contributed by atoms with Gasteiger partial charge in [0.2, 0.25) is 5.89 Å². The number of rotatable bonds is 4. The second-order valence-corrected chi connectivity index (χ2v) is 16.5. The summed E-state index contributed by atoms with van der Waals surface area (Å²) >= 11 is 0. The minimum Gasteiger partial charge on any atom is -0.465 e. The van der Waals surface area contributed by atoms with E-state index in [1.165, 1.54) is 6.92 Å². The molecule has 1 aromatic rings. The fourth-order valence-corrected chi connectivity index (χ4v) is 10.8. The van der Waals surface area contributed by atoms with Gasteiger partial charge in [0.25, 0.3) is 0 Å². The first kappa shape index (κ1) is 30.9. The Balaban J connectivity index is 1.45. The molecule has 3 saturated carbocycles. The van der Waals surface area contributed by atoms with Gasteiger partial charge in [0.15, 0.2) is 17.4 Å². The molecule has 0 amide bonds. The van der Waals surface area contributed by atoms with Gasteiger partial charge in [0.05, 0.1) is 17.6 Å². The molecule has 8 nitrogen and oxygen atoms in total. The first-order valence-electron chi connectivity index (χ1n) is 16.4. The highest BCUT2D eigenvalue weighted by Gasteiger charge is 2.70. The quantitative estimate of drug-likeness (QED) is 0.352. The number of allylic oxidation sites excluding steroid dienone is 4. The van der Waals surface area contributed by atoms with E-state index in [2.05, 4.69) is 45.8 Å². The molecule has 8 heteroatoms. The van der Waals surface area contributed by atoms with Crippen LogP contribution in [0.3, 0.4) is 0 Å². The van der Waals surface area contributed by atoms with Crippen molar-refractivity contribution in [2.75, 3.05) is 6.61 Å². The number of ether oxygens (including phenoxy) is 1. The molecule has 0 aliphatic heterocycles. The van der Waals surface area contributed by atoms with E-state index in [1.807, 2.05) is 26.0 Å². The minimum atomic E-state index is -0.683. The van der Waals surface area contributed by atoms with Gasteiger partial charge in [-0.05, 0) is 79.1 Å². The molecule has 6 rings (SSSR count). The molecule has 0 spiro atoms. The fourth-order valence-electron chi connectivity index (χ4n) is 10.8. The molecule has 0 saturated heterocycles. The summed E-state index contributed by atoms with van der Waals surface area (Å²) in [4.78, 5) is 44.2. The molecule has 5 aliphatic carbocycles. The summed E-state index contributed by atoms with van der Waals surface area (Å²) in [6.07, 6.45) is 10.5. The van der Waals surface area contributed by atoms with E-state index >= 15 is 0 Å². The van der Waals surface area contributed by atoms with E-state index in [1.54, 1.807) is 0 Å². The first-order valence-corrected chi connectivity index (χ1v) is 16.4. The molecule has 1 aromatic heterocycles. The summed E-state index contributed by atoms with van der Waals surface area (Å²) in [6.45, 7) is 17.0. The largest absolute Gasteiger partial charge is 0.465 e. The lowest BCUT2D eigenvalue weighted by Crippen LogP contribution is -2.65. The van der Waals surface area contributed by atoms with Crippen LogP contribution < -0.4 is 0 Å². The van der Waals surface area contributed by atoms with Crippen molar-refractivity contribution in [2.45, 2.75) is 112 Å². The zero-order valence-corrected chi connectivity index (χ0v) is 27.6. The lowest BCUT2D eigenvalue weighted by molar-refractivity contribution is -0.161. The topological polar surface area (TPSA) is 123 Å². The van der Waals surface area contributed by atoms with Crippen LogP contribution in [0.5, 0.6) is 0 Å². The van der Waals surface area contributed by atoms with Gasteiger partial charge in [-0.25, -0.2) is 0 Å². The van der Waals surface area contributed by atoms with Crippen molar-refractivity contribution in [1.29, 1.82) is 5.26 Å². The molecule has 0 radical (unpaired) electrons. The van der Waals surface area contributed by atoms with Gasteiger partial charge < -0.3 is 9.26 Å². The van der Waals surface area contributed by atoms with Crippen molar-refractivity contribution >= 4 is 17.5 Å². The SMILES string of the molecule is CC(=O)OCCc1noc([C@]23CCC(C)(C)C[C@H]2[C@H]2C(=O)C=C4[C@@]5(C)C=C(C#N)C(=O)C(C)(C)[C@@H]5CC[C@@]4(C)[C@]2(C)CC3)n1. The zero-order valence-electron chi connectivity index (χ0n) is 27.6. The minimum absolute atomic E-state index is 0.0203. The van der Waals surface area contributed by atoms with Crippen molar-refractivity contribution in [3.63, 3.8) is 0 Å². The normalized spacial score (nSPS) is 40.3. The van der Waals surface area contributed by atoms with Crippen LogP contribution in [-0.2, 0) is 31.0 Å². The monoisotopic (exact) mass is 601 g/mol. The second kappa shape index (κ2) is 9.71. The highest BCUT2D eigenvalue weighted by atomic mass is 16.5. The van der Waals surface area contributed by atoms with E-state index in [-0.39, 0.29) is 63.7 Å². The number of nitriles is 1. The Morgan fingerprint density at radius 1 is 1.07 bits per heavy atom. The van der Waals surface area contributed by atoms with Crippen molar-refractivity contribution in [1.82, 2.24) is 10.1 Å². The molecule has 236 valence electrons. The van der Waals surface area contributed by atoms with Crippen LogP contribution in [0.1, 0.15) is 112 Å². The number of hydrogen-bond donors (Lipinski definition) is 0. The third-order valence-electron chi connectivity index (χ3n) is 13.4. The molecule has 5 aliphatic rings. The Morgan fingerprint density at radius 3 is 2.45 bits per heavy atom. The fraction of sp³-hybridized carbons (Fsp3) is 0.722. The third kappa shape index (κ3) is 4.09. The van der Waals surface area contributed by atoms with E-state index in [0.29, 0.717) is 18.1 Å². The number of carbonyl (C=O) groups is 3. The van der Waals surface area contributed by atoms with Gasteiger partial charge in [-0.2, -0.15) is 10.2 Å². The first-order chi connectivity index (χ1) is 20.4. The molecule has 0 unspecified atom stereocenters. The lowest BCUT2D eigenvalue weighted by Gasteiger charge is -2.68. The van der Waals surface area contributed by atoms with Gasteiger partial charge in [-0.15, -0.1) is 0 Å². The molecule has 0 aromatic carbocycles. The van der Waals surface area contributed by atoms with E-state index in [4.69, 9.17) is 14.2 Å². The van der Waals surface area contributed by atoms with Crippen molar-refractivity contribution in [3.05, 3.63) is 35.0 Å². The number of hydrogen-bond acceptors (Lipinski definition) is 8. The van der Waals surface area contributed by atoms with E-state index < -0.39 is 16.2 Å². The molecule has 0 bridgehead atoms. The number of carbonyl (C=O) groups excluding carboxylic acids is 3. The molecule has 44 heavy (non-hydrogen) atoms. The van der Waals surface area contributed by atoms with E-state index in [0.717, 1.165) is 50.5 Å². The van der Waals surface area contributed by atoms with Gasteiger partial charge >= 0.3 is 5.97 Å². The Bertz CT molecular complexity index is 1540. The molecule has 3 fully saturated rings. The Labute approximate surface area is 261 Å². The van der Waals surface area contributed by atoms with Crippen molar-refractivity contribution in [3.8, 4) is 6.07 Å². The highest BCUT2D eigenvalue weighted by molar-refractivity contribution is 6.04. The number of nitrogens with zero attached hydrogens (tertiary/aromatic N) is 3. The van der Waals surface area contributed by atoms with Crippen LogP contribution in [0.2, 0.25) is 0 Å². The van der Waals surface area contributed by atoms with Crippen molar-refractivity contribution < 1.29 is 23.6 Å².